The van der Waals surface area contributed by atoms with Gasteiger partial charge in [-0.05, 0) is 6.92 Å². The Morgan fingerprint density at radius 3 is 2.38 bits per heavy atom. The van der Waals surface area contributed by atoms with E-state index in [1.165, 1.54) is 6.92 Å². The molecule has 86 valence electrons. The van der Waals surface area contributed by atoms with Crippen molar-refractivity contribution >= 4 is 5.78 Å². The van der Waals surface area contributed by atoms with Crippen molar-refractivity contribution in [3.63, 3.8) is 0 Å². The molecule has 0 bridgehead atoms. The van der Waals surface area contributed by atoms with Gasteiger partial charge in [0.1, 0.15) is 0 Å². The third-order valence-electron chi connectivity index (χ3n) is 2.67. The Hall–Kier alpha value is -1.23. The Bertz CT molecular complexity index is 366. The second-order valence-electron chi connectivity index (χ2n) is 3.95. The van der Waals surface area contributed by atoms with Gasteiger partial charge < -0.3 is 14.6 Å². The molecule has 16 heavy (non-hydrogen) atoms. The average molecular weight is 222 g/mol. The van der Waals surface area contributed by atoms with Crippen LogP contribution in [0.1, 0.15) is 18.8 Å². The lowest BCUT2D eigenvalue weighted by Crippen LogP contribution is -2.50. The van der Waals surface area contributed by atoms with E-state index in [4.69, 9.17) is 9.47 Å². The van der Waals surface area contributed by atoms with Crippen molar-refractivity contribution < 1.29 is 19.4 Å². The first-order chi connectivity index (χ1) is 7.62. The van der Waals surface area contributed by atoms with Crippen LogP contribution < -0.4 is 0 Å². The molecule has 4 heteroatoms. The topological polar surface area (TPSA) is 55.8 Å². The number of Topliss-reactive ketones (excluding diaryl/α,β-unsaturated/α-hetero) is 1. The van der Waals surface area contributed by atoms with E-state index in [2.05, 4.69) is 0 Å². The van der Waals surface area contributed by atoms with Crippen molar-refractivity contribution in [2.75, 3.05) is 13.2 Å². The Labute approximate surface area is 93.8 Å². The van der Waals surface area contributed by atoms with Crippen molar-refractivity contribution in [1.29, 1.82) is 0 Å². The van der Waals surface area contributed by atoms with E-state index in [0.717, 1.165) is 5.56 Å². The van der Waals surface area contributed by atoms with Crippen LogP contribution >= 0.6 is 0 Å². The van der Waals surface area contributed by atoms with E-state index in [1.54, 1.807) is 0 Å². The fraction of sp³-hybridized carbons (Fsp3) is 0.417. The van der Waals surface area contributed by atoms with Crippen LogP contribution in [0.15, 0.2) is 30.3 Å². The Balaban J connectivity index is 2.03. The van der Waals surface area contributed by atoms with Gasteiger partial charge in [-0.3, -0.25) is 4.79 Å². The highest BCUT2D eigenvalue weighted by Gasteiger charge is 2.39. The van der Waals surface area contributed by atoms with Gasteiger partial charge in [0, 0.05) is 5.56 Å². The molecule has 0 aromatic heterocycles. The molecule has 1 fully saturated rings. The van der Waals surface area contributed by atoms with Crippen LogP contribution in [0.25, 0.3) is 0 Å². The van der Waals surface area contributed by atoms with Gasteiger partial charge in [0.15, 0.2) is 17.7 Å². The minimum atomic E-state index is -1.49. The van der Waals surface area contributed by atoms with Crippen molar-refractivity contribution in [1.82, 2.24) is 0 Å². The van der Waals surface area contributed by atoms with E-state index in [9.17, 15) is 9.90 Å². The van der Waals surface area contributed by atoms with Crippen LogP contribution in [0.3, 0.4) is 0 Å². The second-order valence-corrected chi connectivity index (χ2v) is 3.95. The van der Waals surface area contributed by atoms with Gasteiger partial charge >= 0.3 is 0 Å². The van der Waals surface area contributed by atoms with Gasteiger partial charge in [-0.2, -0.15) is 0 Å². The molecule has 1 N–H and O–H groups in total. The van der Waals surface area contributed by atoms with Gasteiger partial charge in [0.05, 0.1) is 13.2 Å². The van der Waals surface area contributed by atoms with Crippen LogP contribution in [0.4, 0.5) is 0 Å². The molecule has 4 nitrogen and oxygen atoms in total. The van der Waals surface area contributed by atoms with Crippen molar-refractivity contribution in [2.24, 2.45) is 0 Å². The maximum Gasteiger partial charge on any atom is 0.184 e. The molecule has 1 saturated heterocycles. The number of hydrogen-bond acceptors (Lipinski definition) is 4. The highest BCUT2D eigenvalue weighted by atomic mass is 16.7. The molecular formula is C12H14O4. The Kier molecular flexibility index (Phi) is 3.05. The number of hydrogen-bond donors (Lipinski definition) is 1. The summed E-state index contributed by atoms with van der Waals surface area (Å²) in [6, 6.07) is 9.42. The SMILES string of the molecule is CC(=O)C1(O)COC(c2ccccc2)OC1. The van der Waals surface area contributed by atoms with Gasteiger partial charge in [0.2, 0.25) is 0 Å². The summed E-state index contributed by atoms with van der Waals surface area (Å²) in [6.07, 6.45) is -0.499. The first-order valence-corrected chi connectivity index (χ1v) is 5.13. The fourth-order valence-corrected chi connectivity index (χ4v) is 1.52. The zero-order chi connectivity index (χ0) is 11.6. The molecular weight excluding hydrogens is 208 g/mol. The second kappa shape index (κ2) is 4.33. The number of ether oxygens (including phenoxy) is 2. The van der Waals surface area contributed by atoms with E-state index >= 15 is 0 Å². The predicted octanol–water partition coefficient (Wildman–Crippen LogP) is 1.05. The van der Waals surface area contributed by atoms with Crippen LogP contribution in [-0.2, 0) is 14.3 Å². The van der Waals surface area contributed by atoms with Crippen LogP contribution in [0.5, 0.6) is 0 Å². The van der Waals surface area contributed by atoms with Crippen LogP contribution in [0, 0.1) is 0 Å². The highest BCUT2D eigenvalue weighted by molar-refractivity contribution is 5.85. The normalized spacial score (nSPS) is 30.0. The maximum atomic E-state index is 11.2. The number of carbonyl (C=O) groups is 1. The summed E-state index contributed by atoms with van der Waals surface area (Å²) in [5.74, 6) is -0.334. The van der Waals surface area contributed by atoms with E-state index in [0.29, 0.717) is 0 Å². The van der Waals surface area contributed by atoms with Crippen LogP contribution in [-0.4, -0.2) is 29.7 Å². The van der Waals surface area contributed by atoms with E-state index < -0.39 is 11.9 Å². The molecule has 0 atom stereocenters. The predicted molar refractivity (Wildman–Crippen MR) is 56.7 cm³/mol. The molecule has 0 saturated carbocycles. The average Bonchev–Trinajstić information content (AvgIpc) is 2.31. The lowest BCUT2D eigenvalue weighted by Gasteiger charge is -2.34. The van der Waals surface area contributed by atoms with E-state index in [1.807, 2.05) is 30.3 Å². The molecule has 1 aromatic rings. The van der Waals surface area contributed by atoms with E-state index in [-0.39, 0.29) is 19.0 Å². The van der Waals surface area contributed by atoms with Crippen LogP contribution in [0.2, 0.25) is 0 Å². The lowest BCUT2D eigenvalue weighted by molar-refractivity contribution is -0.249. The highest BCUT2D eigenvalue weighted by Crippen LogP contribution is 2.27. The summed E-state index contributed by atoms with van der Waals surface area (Å²) in [5, 5.41) is 9.81. The minimum Gasteiger partial charge on any atom is -0.377 e. The summed E-state index contributed by atoms with van der Waals surface area (Å²) in [7, 11) is 0. The number of ketones is 1. The molecule has 0 amide bonds. The van der Waals surface area contributed by atoms with Crippen molar-refractivity contribution in [2.45, 2.75) is 18.8 Å². The molecule has 0 radical (unpaired) electrons. The first kappa shape index (κ1) is 11.3. The quantitative estimate of drug-likeness (QED) is 0.812. The fourth-order valence-electron chi connectivity index (χ4n) is 1.52. The summed E-state index contributed by atoms with van der Waals surface area (Å²) in [4.78, 5) is 11.2. The van der Waals surface area contributed by atoms with Crippen molar-refractivity contribution in [3.8, 4) is 0 Å². The Morgan fingerprint density at radius 2 is 1.88 bits per heavy atom. The third-order valence-corrected chi connectivity index (χ3v) is 2.67. The first-order valence-electron chi connectivity index (χ1n) is 5.13. The maximum absolute atomic E-state index is 11.2. The van der Waals surface area contributed by atoms with Crippen molar-refractivity contribution in [3.05, 3.63) is 35.9 Å². The lowest BCUT2D eigenvalue weighted by atomic mass is 10.0. The zero-order valence-corrected chi connectivity index (χ0v) is 9.05. The molecule has 1 aliphatic rings. The number of carbonyl (C=O) groups excluding carboxylic acids is 1. The number of aliphatic hydroxyl groups is 1. The van der Waals surface area contributed by atoms with Gasteiger partial charge in [0.25, 0.3) is 0 Å². The molecule has 0 aliphatic carbocycles. The summed E-state index contributed by atoms with van der Waals surface area (Å²) in [5.41, 5.74) is -0.612. The molecule has 1 heterocycles. The van der Waals surface area contributed by atoms with Gasteiger partial charge in [-0.15, -0.1) is 0 Å². The third kappa shape index (κ3) is 2.14. The largest absolute Gasteiger partial charge is 0.377 e. The molecule has 1 aliphatic heterocycles. The number of rotatable bonds is 2. The zero-order valence-electron chi connectivity index (χ0n) is 9.05. The number of benzene rings is 1. The molecule has 2 rings (SSSR count). The monoisotopic (exact) mass is 222 g/mol. The van der Waals surface area contributed by atoms with Gasteiger partial charge in [-0.25, -0.2) is 0 Å². The summed E-state index contributed by atoms with van der Waals surface area (Å²) >= 11 is 0. The standard InChI is InChI=1S/C12H14O4/c1-9(13)12(14)7-15-11(16-8-12)10-5-3-2-4-6-10/h2-6,11,14H,7-8H2,1H3. The molecule has 0 spiro atoms. The minimum absolute atomic E-state index is 0.0259. The summed E-state index contributed by atoms with van der Waals surface area (Å²) < 4.78 is 10.7. The van der Waals surface area contributed by atoms with Gasteiger partial charge in [-0.1, -0.05) is 30.3 Å². The molecule has 1 aromatic carbocycles. The Morgan fingerprint density at radius 1 is 1.31 bits per heavy atom. The summed E-state index contributed by atoms with van der Waals surface area (Å²) in [6.45, 7) is 1.28. The smallest absolute Gasteiger partial charge is 0.184 e. The molecule has 0 unspecified atom stereocenters.